The van der Waals surface area contributed by atoms with Crippen LogP contribution in [-0.2, 0) is 0 Å². The second-order valence-corrected chi connectivity index (χ2v) is 4.73. The molecule has 0 saturated heterocycles. The van der Waals surface area contributed by atoms with Gasteiger partial charge < -0.3 is 14.4 Å². The summed E-state index contributed by atoms with van der Waals surface area (Å²) >= 11 is 0. The van der Waals surface area contributed by atoms with Gasteiger partial charge in [-0.05, 0) is 44.8 Å². The van der Waals surface area contributed by atoms with E-state index in [-0.39, 0.29) is 11.8 Å². The summed E-state index contributed by atoms with van der Waals surface area (Å²) < 4.78 is 5.31. The van der Waals surface area contributed by atoms with E-state index in [2.05, 4.69) is 17.9 Å². The van der Waals surface area contributed by atoms with Gasteiger partial charge in [0.25, 0.3) is 0 Å². The molecule has 1 N–H and O–H groups in total. The number of carbonyl (C=O) groups is 1. The molecule has 1 aromatic heterocycles. The highest BCUT2D eigenvalue weighted by Crippen LogP contribution is 2.26. The standard InChI is InChI=1S/C15H17NO3/c1-10(16(2)3)11-5-4-6-12(9-11)13-7-8-14(19-13)15(17)18/h4-10H,1-3H3,(H,17,18)/t10-/m0/s1. The molecule has 4 heteroatoms. The number of hydrogen-bond donors (Lipinski definition) is 1. The molecule has 0 aliphatic heterocycles. The Morgan fingerprint density at radius 2 is 2.00 bits per heavy atom. The number of nitrogens with zero attached hydrogens (tertiary/aromatic N) is 1. The van der Waals surface area contributed by atoms with Gasteiger partial charge in [-0.2, -0.15) is 0 Å². The summed E-state index contributed by atoms with van der Waals surface area (Å²) in [4.78, 5) is 12.9. The lowest BCUT2D eigenvalue weighted by molar-refractivity contribution is 0.0663. The monoisotopic (exact) mass is 259 g/mol. The Morgan fingerprint density at radius 3 is 2.58 bits per heavy atom. The van der Waals surface area contributed by atoms with Gasteiger partial charge in [0.15, 0.2) is 0 Å². The van der Waals surface area contributed by atoms with Crippen LogP contribution in [0.4, 0.5) is 0 Å². The summed E-state index contributed by atoms with van der Waals surface area (Å²) in [6.45, 7) is 2.12. The van der Waals surface area contributed by atoms with Crippen LogP contribution in [0.25, 0.3) is 11.3 Å². The zero-order valence-electron chi connectivity index (χ0n) is 11.3. The molecule has 2 rings (SSSR count). The second kappa shape index (κ2) is 5.28. The van der Waals surface area contributed by atoms with Crippen LogP contribution in [0.2, 0.25) is 0 Å². The number of carboxylic acid groups (broad SMARTS) is 1. The smallest absolute Gasteiger partial charge is 0.371 e. The van der Waals surface area contributed by atoms with Gasteiger partial charge in [-0.25, -0.2) is 4.79 Å². The first-order valence-corrected chi connectivity index (χ1v) is 6.09. The number of hydrogen-bond acceptors (Lipinski definition) is 3. The van der Waals surface area contributed by atoms with Gasteiger partial charge in [0.05, 0.1) is 0 Å². The molecule has 0 unspecified atom stereocenters. The number of rotatable bonds is 4. The zero-order valence-corrected chi connectivity index (χ0v) is 11.3. The third-order valence-electron chi connectivity index (χ3n) is 3.24. The second-order valence-electron chi connectivity index (χ2n) is 4.73. The van der Waals surface area contributed by atoms with Crippen molar-refractivity contribution >= 4 is 5.97 Å². The predicted molar refractivity (Wildman–Crippen MR) is 73.2 cm³/mol. The molecule has 0 aliphatic rings. The average molecular weight is 259 g/mol. The van der Waals surface area contributed by atoms with E-state index in [1.807, 2.05) is 32.3 Å². The molecule has 0 radical (unpaired) electrons. The molecular formula is C15H17NO3. The van der Waals surface area contributed by atoms with E-state index < -0.39 is 5.97 Å². The van der Waals surface area contributed by atoms with Gasteiger partial charge in [-0.3, -0.25) is 0 Å². The fourth-order valence-electron chi connectivity index (χ4n) is 1.86. The number of carboxylic acids is 1. The van der Waals surface area contributed by atoms with Crippen molar-refractivity contribution in [1.29, 1.82) is 0 Å². The van der Waals surface area contributed by atoms with Crippen LogP contribution in [0.15, 0.2) is 40.8 Å². The quantitative estimate of drug-likeness (QED) is 0.915. The maximum atomic E-state index is 10.8. The molecule has 0 bridgehead atoms. The summed E-state index contributed by atoms with van der Waals surface area (Å²) in [6, 6.07) is 11.4. The molecule has 4 nitrogen and oxygen atoms in total. The third-order valence-corrected chi connectivity index (χ3v) is 3.24. The maximum Gasteiger partial charge on any atom is 0.371 e. The maximum absolute atomic E-state index is 10.8. The van der Waals surface area contributed by atoms with Gasteiger partial charge in [-0.15, -0.1) is 0 Å². The molecule has 0 aliphatic carbocycles. The molecule has 0 fully saturated rings. The minimum absolute atomic E-state index is 0.0407. The van der Waals surface area contributed by atoms with Crippen molar-refractivity contribution in [1.82, 2.24) is 4.90 Å². The minimum atomic E-state index is -1.05. The van der Waals surface area contributed by atoms with Gasteiger partial charge in [0.1, 0.15) is 5.76 Å². The lowest BCUT2D eigenvalue weighted by Gasteiger charge is -2.20. The van der Waals surface area contributed by atoms with Crippen molar-refractivity contribution in [3.8, 4) is 11.3 Å². The van der Waals surface area contributed by atoms with E-state index in [0.29, 0.717) is 5.76 Å². The Morgan fingerprint density at radius 1 is 1.26 bits per heavy atom. The van der Waals surface area contributed by atoms with Crippen LogP contribution in [0.1, 0.15) is 29.1 Å². The van der Waals surface area contributed by atoms with Crippen LogP contribution >= 0.6 is 0 Å². The van der Waals surface area contributed by atoms with Crippen molar-refractivity contribution in [3.05, 3.63) is 47.7 Å². The van der Waals surface area contributed by atoms with Gasteiger partial charge in [0, 0.05) is 11.6 Å². The summed E-state index contributed by atoms with van der Waals surface area (Å²) in [5.41, 5.74) is 2.05. The van der Waals surface area contributed by atoms with E-state index in [1.54, 1.807) is 6.07 Å². The van der Waals surface area contributed by atoms with Crippen LogP contribution in [-0.4, -0.2) is 30.1 Å². The Kier molecular flexibility index (Phi) is 3.71. The van der Waals surface area contributed by atoms with Crippen molar-refractivity contribution in [2.45, 2.75) is 13.0 Å². The van der Waals surface area contributed by atoms with Crippen LogP contribution in [0.5, 0.6) is 0 Å². The predicted octanol–water partition coefficient (Wildman–Crippen LogP) is 3.27. The van der Waals surface area contributed by atoms with Crippen LogP contribution in [0.3, 0.4) is 0 Å². The largest absolute Gasteiger partial charge is 0.475 e. The van der Waals surface area contributed by atoms with Crippen molar-refractivity contribution in [3.63, 3.8) is 0 Å². The minimum Gasteiger partial charge on any atom is -0.475 e. The molecule has 0 amide bonds. The molecule has 1 heterocycles. The third kappa shape index (κ3) is 2.85. The Hall–Kier alpha value is -2.07. The fraction of sp³-hybridized carbons (Fsp3) is 0.267. The van der Waals surface area contributed by atoms with Gasteiger partial charge in [-0.1, -0.05) is 18.2 Å². The van der Waals surface area contributed by atoms with E-state index in [9.17, 15) is 4.79 Å². The summed E-state index contributed by atoms with van der Waals surface area (Å²) in [6.07, 6.45) is 0. The first kappa shape index (κ1) is 13.4. The van der Waals surface area contributed by atoms with Crippen molar-refractivity contribution < 1.29 is 14.3 Å². The molecule has 0 saturated carbocycles. The van der Waals surface area contributed by atoms with Crippen LogP contribution in [0, 0.1) is 0 Å². The highest BCUT2D eigenvalue weighted by molar-refractivity contribution is 5.85. The van der Waals surface area contributed by atoms with Gasteiger partial charge in [0.2, 0.25) is 5.76 Å². The summed E-state index contributed by atoms with van der Waals surface area (Å²) in [5.74, 6) is -0.518. The van der Waals surface area contributed by atoms with Crippen molar-refractivity contribution in [2.24, 2.45) is 0 Å². The lowest BCUT2D eigenvalue weighted by atomic mass is 10.0. The first-order valence-electron chi connectivity index (χ1n) is 6.09. The normalized spacial score (nSPS) is 12.6. The van der Waals surface area contributed by atoms with Crippen LogP contribution < -0.4 is 0 Å². The summed E-state index contributed by atoms with van der Waals surface area (Å²) in [5, 5.41) is 8.86. The molecular weight excluding hydrogens is 242 g/mol. The first-order chi connectivity index (χ1) is 8.99. The molecule has 19 heavy (non-hydrogen) atoms. The molecule has 2 aromatic rings. The number of furan rings is 1. The highest BCUT2D eigenvalue weighted by Gasteiger charge is 2.12. The summed E-state index contributed by atoms with van der Waals surface area (Å²) in [7, 11) is 4.04. The molecule has 100 valence electrons. The fourth-order valence-corrected chi connectivity index (χ4v) is 1.86. The average Bonchev–Trinajstić information content (AvgIpc) is 2.87. The SMILES string of the molecule is C[C@@H](c1cccc(-c2ccc(C(=O)O)o2)c1)N(C)C. The Bertz CT molecular complexity index is 587. The highest BCUT2D eigenvalue weighted by atomic mass is 16.4. The Labute approximate surface area is 112 Å². The van der Waals surface area contributed by atoms with Crippen molar-refractivity contribution in [2.75, 3.05) is 14.1 Å². The zero-order chi connectivity index (χ0) is 14.0. The van der Waals surface area contributed by atoms with E-state index in [1.165, 1.54) is 6.07 Å². The molecule has 0 spiro atoms. The molecule has 1 aromatic carbocycles. The van der Waals surface area contributed by atoms with Gasteiger partial charge >= 0.3 is 5.97 Å². The Balaban J connectivity index is 2.34. The number of aromatic carboxylic acids is 1. The lowest BCUT2D eigenvalue weighted by Crippen LogP contribution is -2.16. The van der Waals surface area contributed by atoms with E-state index >= 15 is 0 Å². The van der Waals surface area contributed by atoms with E-state index in [4.69, 9.17) is 9.52 Å². The van der Waals surface area contributed by atoms with E-state index in [0.717, 1.165) is 11.1 Å². The topological polar surface area (TPSA) is 53.7 Å². The number of benzene rings is 1. The molecule has 1 atom stereocenters.